The van der Waals surface area contributed by atoms with Gasteiger partial charge in [-0.05, 0) is 53.7 Å². The Hall–Kier alpha value is -2.82. The number of halogens is 1. The third-order valence-corrected chi connectivity index (χ3v) is 4.59. The standard InChI is InChI=1S/C18H10FN3OS2/c19-15-7-5-14(6-8-15)11-21-22-17(23)16(25-18(22)24)9-12-1-3-13(10-20)4-2-12/h1-9,11H/b16-9+,21-11+. The van der Waals surface area contributed by atoms with E-state index in [0.717, 1.165) is 22.3 Å². The molecular formula is C18H10FN3OS2. The molecule has 1 heterocycles. The average molecular weight is 367 g/mol. The monoisotopic (exact) mass is 367 g/mol. The smallest absolute Gasteiger partial charge is 0.266 e. The molecule has 0 bridgehead atoms. The first-order chi connectivity index (χ1) is 12.1. The Morgan fingerprint density at radius 2 is 1.76 bits per heavy atom. The van der Waals surface area contributed by atoms with Gasteiger partial charge in [0, 0.05) is 0 Å². The first-order valence-corrected chi connectivity index (χ1v) is 8.37. The highest BCUT2D eigenvalue weighted by molar-refractivity contribution is 8.26. The van der Waals surface area contributed by atoms with E-state index in [9.17, 15) is 9.18 Å². The highest BCUT2D eigenvalue weighted by Gasteiger charge is 2.31. The Kier molecular flexibility index (Phi) is 5.03. The molecule has 1 saturated heterocycles. The number of hydrogen-bond acceptors (Lipinski definition) is 5. The van der Waals surface area contributed by atoms with Crippen LogP contribution in [0.25, 0.3) is 6.08 Å². The zero-order chi connectivity index (χ0) is 17.8. The van der Waals surface area contributed by atoms with Gasteiger partial charge in [0.25, 0.3) is 5.91 Å². The minimum absolute atomic E-state index is 0.322. The van der Waals surface area contributed by atoms with Crippen molar-refractivity contribution in [3.05, 3.63) is 75.9 Å². The maximum atomic E-state index is 12.9. The molecule has 2 aromatic rings. The van der Waals surface area contributed by atoms with Gasteiger partial charge in [-0.1, -0.05) is 36.0 Å². The summed E-state index contributed by atoms with van der Waals surface area (Å²) in [6.07, 6.45) is 3.16. The third kappa shape index (κ3) is 3.99. The summed E-state index contributed by atoms with van der Waals surface area (Å²) in [6, 6.07) is 14.7. The summed E-state index contributed by atoms with van der Waals surface area (Å²) < 4.78 is 13.2. The summed E-state index contributed by atoms with van der Waals surface area (Å²) >= 11 is 6.35. The number of carbonyl (C=O) groups is 1. The van der Waals surface area contributed by atoms with E-state index in [0.29, 0.717) is 20.4 Å². The predicted octanol–water partition coefficient (Wildman–Crippen LogP) is 3.93. The van der Waals surface area contributed by atoms with Crippen molar-refractivity contribution in [2.45, 2.75) is 0 Å². The van der Waals surface area contributed by atoms with Gasteiger partial charge >= 0.3 is 0 Å². The van der Waals surface area contributed by atoms with Crippen LogP contribution in [0.2, 0.25) is 0 Å². The lowest BCUT2D eigenvalue weighted by Gasteiger charge is -2.05. The Labute approximate surface area is 153 Å². The number of rotatable bonds is 3. The molecule has 7 heteroatoms. The quantitative estimate of drug-likeness (QED) is 0.469. The second kappa shape index (κ2) is 7.38. The van der Waals surface area contributed by atoms with Crippen LogP contribution in [0.3, 0.4) is 0 Å². The van der Waals surface area contributed by atoms with Gasteiger partial charge in [0.15, 0.2) is 4.32 Å². The molecule has 0 radical (unpaired) electrons. The first kappa shape index (κ1) is 17.0. The summed E-state index contributed by atoms with van der Waals surface area (Å²) in [5, 5.41) is 14.0. The second-order valence-electron chi connectivity index (χ2n) is 5.02. The molecule has 2 aromatic carbocycles. The Balaban J connectivity index is 1.78. The number of thioether (sulfide) groups is 1. The number of amides is 1. The van der Waals surface area contributed by atoms with Crippen LogP contribution in [-0.4, -0.2) is 21.5 Å². The normalized spacial score (nSPS) is 16.0. The van der Waals surface area contributed by atoms with E-state index in [4.69, 9.17) is 17.5 Å². The molecule has 1 amide bonds. The van der Waals surface area contributed by atoms with E-state index >= 15 is 0 Å². The summed E-state index contributed by atoms with van der Waals surface area (Å²) in [7, 11) is 0. The van der Waals surface area contributed by atoms with E-state index in [1.807, 2.05) is 6.07 Å². The maximum absolute atomic E-state index is 12.9. The lowest BCUT2D eigenvalue weighted by Crippen LogP contribution is -2.22. The van der Waals surface area contributed by atoms with Gasteiger partial charge in [0.05, 0.1) is 22.8 Å². The zero-order valence-electron chi connectivity index (χ0n) is 12.7. The Morgan fingerprint density at radius 3 is 2.40 bits per heavy atom. The maximum Gasteiger partial charge on any atom is 0.286 e. The van der Waals surface area contributed by atoms with Crippen LogP contribution in [0.1, 0.15) is 16.7 Å². The minimum Gasteiger partial charge on any atom is -0.266 e. The SMILES string of the molecule is N#Cc1ccc(/C=C2/SC(=S)N(/N=C/c3ccc(F)cc3)C2=O)cc1. The molecule has 122 valence electrons. The summed E-state index contributed by atoms with van der Waals surface area (Å²) in [6.45, 7) is 0. The van der Waals surface area contributed by atoms with Crippen LogP contribution in [-0.2, 0) is 4.79 Å². The fourth-order valence-electron chi connectivity index (χ4n) is 2.04. The molecule has 4 nitrogen and oxygen atoms in total. The fraction of sp³-hybridized carbons (Fsp3) is 0. The summed E-state index contributed by atoms with van der Waals surface area (Å²) in [4.78, 5) is 12.9. The van der Waals surface area contributed by atoms with Gasteiger partial charge in [-0.3, -0.25) is 4.79 Å². The van der Waals surface area contributed by atoms with Crippen molar-refractivity contribution in [1.82, 2.24) is 5.01 Å². The van der Waals surface area contributed by atoms with Gasteiger partial charge in [-0.25, -0.2) is 4.39 Å². The lowest BCUT2D eigenvalue weighted by molar-refractivity contribution is -0.122. The number of nitrogens with zero attached hydrogens (tertiary/aromatic N) is 3. The third-order valence-electron chi connectivity index (χ3n) is 3.30. The zero-order valence-corrected chi connectivity index (χ0v) is 14.4. The predicted molar refractivity (Wildman–Crippen MR) is 100 cm³/mol. The van der Waals surface area contributed by atoms with E-state index in [1.54, 1.807) is 42.5 Å². The van der Waals surface area contributed by atoms with Crippen LogP contribution in [0, 0.1) is 17.1 Å². The van der Waals surface area contributed by atoms with Crippen molar-refractivity contribution in [3.63, 3.8) is 0 Å². The second-order valence-corrected chi connectivity index (χ2v) is 6.70. The molecule has 1 aliphatic rings. The molecule has 0 aromatic heterocycles. The van der Waals surface area contributed by atoms with Crippen LogP contribution in [0.15, 0.2) is 58.5 Å². The molecule has 25 heavy (non-hydrogen) atoms. The van der Waals surface area contributed by atoms with Crippen molar-refractivity contribution >= 4 is 46.5 Å². The van der Waals surface area contributed by atoms with E-state index < -0.39 is 0 Å². The number of hydrogen-bond donors (Lipinski definition) is 0. The van der Waals surface area contributed by atoms with Crippen molar-refractivity contribution in [2.75, 3.05) is 0 Å². The van der Waals surface area contributed by atoms with Crippen LogP contribution < -0.4 is 0 Å². The number of carbonyl (C=O) groups excluding carboxylic acids is 1. The van der Waals surface area contributed by atoms with Crippen molar-refractivity contribution in [3.8, 4) is 6.07 Å². The highest BCUT2D eigenvalue weighted by Crippen LogP contribution is 2.32. The Bertz CT molecular complexity index is 928. The number of thiocarbonyl (C=S) groups is 1. The number of nitriles is 1. The molecular weight excluding hydrogens is 357 g/mol. The van der Waals surface area contributed by atoms with Crippen LogP contribution in [0.5, 0.6) is 0 Å². The van der Waals surface area contributed by atoms with Crippen molar-refractivity contribution in [2.24, 2.45) is 5.10 Å². The molecule has 0 aliphatic carbocycles. The molecule has 3 rings (SSSR count). The minimum atomic E-state index is -0.340. The lowest BCUT2D eigenvalue weighted by atomic mass is 10.1. The summed E-state index contributed by atoms with van der Waals surface area (Å²) in [5.74, 6) is -0.661. The van der Waals surface area contributed by atoms with Gasteiger partial charge < -0.3 is 0 Å². The number of benzene rings is 2. The topological polar surface area (TPSA) is 56.5 Å². The average Bonchev–Trinajstić information content (AvgIpc) is 2.89. The van der Waals surface area contributed by atoms with Crippen LogP contribution >= 0.6 is 24.0 Å². The van der Waals surface area contributed by atoms with E-state index in [-0.39, 0.29) is 11.7 Å². The van der Waals surface area contributed by atoms with Crippen molar-refractivity contribution < 1.29 is 9.18 Å². The Morgan fingerprint density at radius 1 is 1.12 bits per heavy atom. The van der Waals surface area contributed by atoms with Gasteiger partial charge in [-0.2, -0.15) is 15.4 Å². The molecule has 0 N–H and O–H groups in total. The van der Waals surface area contributed by atoms with E-state index in [2.05, 4.69) is 5.10 Å². The molecule has 0 atom stereocenters. The van der Waals surface area contributed by atoms with Gasteiger partial charge in [0.1, 0.15) is 5.82 Å². The van der Waals surface area contributed by atoms with Crippen LogP contribution in [0.4, 0.5) is 4.39 Å². The molecule has 1 aliphatic heterocycles. The van der Waals surface area contributed by atoms with E-state index in [1.165, 1.54) is 18.3 Å². The molecule has 0 saturated carbocycles. The van der Waals surface area contributed by atoms with Gasteiger partial charge in [0.2, 0.25) is 0 Å². The summed E-state index contributed by atoms with van der Waals surface area (Å²) in [5.41, 5.74) is 2.00. The highest BCUT2D eigenvalue weighted by atomic mass is 32.2. The molecule has 0 unspecified atom stereocenters. The van der Waals surface area contributed by atoms with Crippen molar-refractivity contribution in [1.29, 1.82) is 5.26 Å². The fourth-order valence-corrected chi connectivity index (χ4v) is 3.21. The largest absolute Gasteiger partial charge is 0.286 e. The molecule has 1 fully saturated rings. The first-order valence-electron chi connectivity index (χ1n) is 7.14. The number of hydrazone groups is 1. The molecule has 0 spiro atoms. The van der Waals surface area contributed by atoms with Gasteiger partial charge in [-0.15, -0.1) is 0 Å².